The maximum absolute atomic E-state index is 12.6. The van der Waals surface area contributed by atoms with Crippen molar-refractivity contribution in [3.05, 3.63) is 34.8 Å². The van der Waals surface area contributed by atoms with Gasteiger partial charge in [0.2, 0.25) is 0 Å². The smallest absolute Gasteiger partial charge is 0.273 e. The number of amides is 1. The van der Waals surface area contributed by atoms with Crippen molar-refractivity contribution in [2.45, 2.75) is 32.6 Å². The van der Waals surface area contributed by atoms with Crippen molar-refractivity contribution in [2.24, 2.45) is 0 Å². The quantitative estimate of drug-likeness (QED) is 0.901. The third kappa shape index (κ3) is 3.87. The number of anilines is 2. The van der Waals surface area contributed by atoms with E-state index in [1.54, 1.807) is 7.11 Å². The van der Waals surface area contributed by atoms with Crippen molar-refractivity contribution < 1.29 is 9.53 Å². The molecule has 0 spiro atoms. The molecule has 24 heavy (non-hydrogen) atoms. The van der Waals surface area contributed by atoms with Crippen LogP contribution in [0.4, 0.5) is 10.8 Å². The lowest BCUT2D eigenvalue weighted by Crippen LogP contribution is -2.32. The molecule has 1 saturated heterocycles. The van der Waals surface area contributed by atoms with E-state index in [0.29, 0.717) is 10.8 Å². The minimum atomic E-state index is 0.0393. The number of nitrogens with zero attached hydrogens (tertiary/aromatic N) is 2. The molecule has 0 aliphatic carbocycles. The molecule has 5 nitrogen and oxygen atoms in total. The number of carbonyl (C=O) groups is 1. The van der Waals surface area contributed by atoms with E-state index >= 15 is 0 Å². The van der Waals surface area contributed by atoms with Crippen molar-refractivity contribution in [1.82, 2.24) is 9.88 Å². The third-order valence-electron chi connectivity index (χ3n) is 4.21. The lowest BCUT2D eigenvalue weighted by Gasteiger charge is -2.18. The maximum atomic E-state index is 12.6. The highest BCUT2D eigenvalue weighted by atomic mass is 32.1. The molecule has 2 heterocycles. The van der Waals surface area contributed by atoms with E-state index in [0.717, 1.165) is 42.9 Å². The fourth-order valence-corrected chi connectivity index (χ4v) is 3.60. The first-order valence-electron chi connectivity index (χ1n) is 8.34. The average molecular weight is 345 g/mol. The summed E-state index contributed by atoms with van der Waals surface area (Å²) in [5, 5.41) is 5.80. The zero-order valence-corrected chi connectivity index (χ0v) is 15.0. The number of likely N-dealkylation sites (tertiary alicyclic amines) is 1. The molecule has 6 heteroatoms. The van der Waals surface area contributed by atoms with E-state index in [4.69, 9.17) is 4.74 Å². The average Bonchev–Trinajstić information content (AvgIpc) is 2.87. The summed E-state index contributed by atoms with van der Waals surface area (Å²) in [6.07, 6.45) is 4.59. The Morgan fingerprint density at radius 1 is 1.25 bits per heavy atom. The van der Waals surface area contributed by atoms with Crippen LogP contribution in [0, 0.1) is 6.92 Å². The van der Waals surface area contributed by atoms with E-state index in [2.05, 4.69) is 10.3 Å². The number of hydrogen-bond acceptors (Lipinski definition) is 5. The van der Waals surface area contributed by atoms with Gasteiger partial charge in [0, 0.05) is 18.5 Å². The van der Waals surface area contributed by atoms with Crippen molar-refractivity contribution >= 4 is 28.1 Å². The van der Waals surface area contributed by atoms with Gasteiger partial charge < -0.3 is 15.0 Å². The monoisotopic (exact) mass is 345 g/mol. The van der Waals surface area contributed by atoms with Crippen LogP contribution in [-0.2, 0) is 0 Å². The second-order valence-corrected chi connectivity index (χ2v) is 6.93. The number of aryl methyl sites for hydroxylation is 1. The molecular weight excluding hydrogens is 322 g/mol. The second kappa shape index (κ2) is 7.66. The van der Waals surface area contributed by atoms with Gasteiger partial charge in [-0.05, 0) is 37.5 Å². The SMILES string of the molecule is COc1ccc(C)cc1Nc1nc(C(=O)N2CCCCCC2)cs1. The number of nitrogens with one attached hydrogen (secondary N) is 1. The van der Waals surface area contributed by atoms with E-state index in [-0.39, 0.29) is 5.91 Å². The van der Waals surface area contributed by atoms with E-state index in [9.17, 15) is 4.79 Å². The van der Waals surface area contributed by atoms with Gasteiger partial charge in [-0.3, -0.25) is 4.79 Å². The Hall–Kier alpha value is -2.08. The molecule has 0 radical (unpaired) electrons. The van der Waals surface area contributed by atoms with Gasteiger partial charge in [-0.2, -0.15) is 0 Å². The topological polar surface area (TPSA) is 54.5 Å². The summed E-state index contributed by atoms with van der Waals surface area (Å²) in [6.45, 7) is 3.70. The number of methoxy groups -OCH3 is 1. The first-order chi connectivity index (χ1) is 11.7. The molecule has 1 N–H and O–H groups in total. The highest BCUT2D eigenvalue weighted by Gasteiger charge is 2.20. The lowest BCUT2D eigenvalue weighted by atomic mass is 10.2. The molecular formula is C18H23N3O2S. The number of thiazole rings is 1. The Morgan fingerprint density at radius 2 is 2.00 bits per heavy atom. The van der Waals surface area contributed by atoms with Crippen molar-refractivity contribution in [2.75, 3.05) is 25.5 Å². The van der Waals surface area contributed by atoms with Gasteiger partial charge in [0.1, 0.15) is 11.4 Å². The molecule has 1 aromatic carbocycles. The molecule has 1 aliphatic rings. The zero-order valence-electron chi connectivity index (χ0n) is 14.2. The summed E-state index contributed by atoms with van der Waals surface area (Å²) < 4.78 is 5.38. The van der Waals surface area contributed by atoms with Crippen LogP contribution >= 0.6 is 11.3 Å². The Kier molecular flexibility index (Phi) is 5.35. The number of rotatable bonds is 4. The van der Waals surface area contributed by atoms with E-state index in [1.807, 2.05) is 35.4 Å². The van der Waals surface area contributed by atoms with Crippen molar-refractivity contribution in [1.29, 1.82) is 0 Å². The summed E-state index contributed by atoms with van der Waals surface area (Å²) >= 11 is 1.44. The molecule has 1 aromatic heterocycles. The second-order valence-electron chi connectivity index (χ2n) is 6.07. The summed E-state index contributed by atoms with van der Waals surface area (Å²) in [5.41, 5.74) is 2.52. The largest absolute Gasteiger partial charge is 0.495 e. The molecule has 128 valence electrons. The number of benzene rings is 1. The third-order valence-corrected chi connectivity index (χ3v) is 4.97. The van der Waals surface area contributed by atoms with Crippen molar-refractivity contribution in [3.8, 4) is 5.75 Å². The molecule has 1 fully saturated rings. The van der Waals surface area contributed by atoms with Crippen LogP contribution in [0.15, 0.2) is 23.6 Å². The standard InChI is InChI=1S/C18H23N3O2S/c1-13-7-8-16(23-2)14(11-13)19-18-20-15(12-24-18)17(22)21-9-5-3-4-6-10-21/h7-8,11-12H,3-6,9-10H2,1-2H3,(H,19,20). The van der Waals surface area contributed by atoms with Gasteiger partial charge in [-0.25, -0.2) is 4.98 Å². The fourth-order valence-electron chi connectivity index (χ4n) is 2.90. The van der Waals surface area contributed by atoms with Gasteiger partial charge in [0.05, 0.1) is 12.8 Å². The minimum absolute atomic E-state index is 0.0393. The minimum Gasteiger partial charge on any atom is -0.495 e. The fraction of sp³-hybridized carbons (Fsp3) is 0.444. The van der Waals surface area contributed by atoms with Crippen LogP contribution in [0.2, 0.25) is 0 Å². The molecule has 0 atom stereocenters. The van der Waals surface area contributed by atoms with Gasteiger partial charge in [0.25, 0.3) is 5.91 Å². The molecule has 0 saturated carbocycles. The zero-order chi connectivity index (χ0) is 16.9. The predicted molar refractivity (Wildman–Crippen MR) is 97.5 cm³/mol. The van der Waals surface area contributed by atoms with Gasteiger partial charge in [-0.15, -0.1) is 11.3 Å². The first-order valence-corrected chi connectivity index (χ1v) is 9.22. The van der Waals surface area contributed by atoms with Crippen LogP contribution in [0.3, 0.4) is 0 Å². The molecule has 2 aromatic rings. The summed E-state index contributed by atoms with van der Waals surface area (Å²) in [4.78, 5) is 19.0. The summed E-state index contributed by atoms with van der Waals surface area (Å²) in [6, 6.07) is 5.94. The molecule has 1 amide bonds. The Labute approximate surface area is 146 Å². The summed E-state index contributed by atoms with van der Waals surface area (Å²) in [7, 11) is 1.64. The Morgan fingerprint density at radius 3 is 2.71 bits per heavy atom. The molecule has 0 bridgehead atoms. The maximum Gasteiger partial charge on any atom is 0.273 e. The van der Waals surface area contributed by atoms with Crippen molar-refractivity contribution in [3.63, 3.8) is 0 Å². The normalized spacial score (nSPS) is 15.0. The number of ether oxygens (including phenoxy) is 1. The molecule has 1 aliphatic heterocycles. The van der Waals surface area contributed by atoms with E-state index in [1.165, 1.54) is 24.2 Å². The Bertz CT molecular complexity index is 706. The number of carbonyl (C=O) groups excluding carboxylic acids is 1. The summed E-state index contributed by atoms with van der Waals surface area (Å²) in [5.74, 6) is 0.800. The van der Waals surface area contributed by atoms with Crippen LogP contribution < -0.4 is 10.1 Å². The van der Waals surface area contributed by atoms with Gasteiger partial charge in [-0.1, -0.05) is 18.9 Å². The highest BCUT2D eigenvalue weighted by molar-refractivity contribution is 7.14. The van der Waals surface area contributed by atoms with Crippen LogP contribution in [0.5, 0.6) is 5.75 Å². The lowest BCUT2D eigenvalue weighted by molar-refractivity contribution is 0.0756. The number of aromatic nitrogens is 1. The van der Waals surface area contributed by atoms with Crippen LogP contribution in [-0.4, -0.2) is 36.0 Å². The number of hydrogen-bond donors (Lipinski definition) is 1. The van der Waals surface area contributed by atoms with E-state index < -0.39 is 0 Å². The van der Waals surface area contributed by atoms with Gasteiger partial charge in [0.15, 0.2) is 5.13 Å². The Balaban J connectivity index is 1.73. The van der Waals surface area contributed by atoms with Gasteiger partial charge >= 0.3 is 0 Å². The predicted octanol–water partition coefficient (Wildman–Crippen LogP) is 4.22. The van der Waals surface area contributed by atoms with Crippen LogP contribution in [0.1, 0.15) is 41.7 Å². The first kappa shape index (κ1) is 16.8. The highest BCUT2D eigenvalue weighted by Crippen LogP contribution is 2.30. The van der Waals surface area contributed by atoms with Crippen LogP contribution in [0.25, 0.3) is 0 Å². The molecule has 0 unspecified atom stereocenters. The molecule has 3 rings (SSSR count).